The third-order valence-electron chi connectivity index (χ3n) is 5.13. The first-order valence-electron chi connectivity index (χ1n) is 9.66. The first kappa shape index (κ1) is 22.8. The van der Waals surface area contributed by atoms with E-state index in [1.54, 1.807) is 25.2 Å². The third-order valence-corrected chi connectivity index (χ3v) is 5.13. The highest BCUT2D eigenvalue weighted by atomic mass is 16.5. The monoisotopic (exact) mass is 411 g/mol. The highest BCUT2D eigenvalue weighted by molar-refractivity contribution is 5.89. The maximum Gasteiger partial charge on any atom is 0.331 e. The van der Waals surface area contributed by atoms with Crippen LogP contribution in [0.3, 0.4) is 0 Å². The average Bonchev–Trinajstić information content (AvgIpc) is 2.79. The summed E-state index contributed by atoms with van der Waals surface area (Å²) in [5.74, 6) is -0.232. The van der Waals surface area contributed by atoms with Crippen LogP contribution in [0.15, 0.2) is 24.3 Å². The van der Waals surface area contributed by atoms with Crippen molar-refractivity contribution in [3.8, 4) is 23.6 Å². The molecule has 0 N–H and O–H groups in total. The zero-order valence-electron chi connectivity index (χ0n) is 17.2. The van der Waals surface area contributed by atoms with Gasteiger partial charge < -0.3 is 19.1 Å². The number of benzene rings is 1. The minimum Gasteiger partial charge on any atom is -0.493 e. The van der Waals surface area contributed by atoms with Gasteiger partial charge in [0.05, 0.1) is 13.2 Å². The molecular formula is C22H25N3O5. The van der Waals surface area contributed by atoms with Crippen LogP contribution >= 0.6 is 0 Å². The van der Waals surface area contributed by atoms with Crippen LogP contribution < -0.4 is 9.47 Å². The van der Waals surface area contributed by atoms with Gasteiger partial charge >= 0.3 is 5.97 Å². The summed E-state index contributed by atoms with van der Waals surface area (Å²) in [6.45, 7) is -0.527. The third kappa shape index (κ3) is 5.74. The number of nitriles is 2. The molecule has 0 spiro atoms. The first-order valence-corrected chi connectivity index (χ1v) is 9.66. The lowest BCUT2D eigenvalue weighted by Crippen LogP contribution is -2.51. The van der Waals surface area contributed by atoms with Gasteiger partial charge in [-0.2, -0.15) is 10.5 Å². The summed E-state index contributed by atoms with van der Waals surface area (Å²) in [6.07, 6.45) is 6.85. The predicted octanol–water partition coefficient (Wildman–Crippen LogP) is 2.84. The first-order chi connectivity index (χ1) is 14.5. The molecule has 0 aromatic heterocycles. The smallest absolute Gasteiger partial charge is 0.331 e. The van der Waals surface area contributed by atoms with Gasteiger partial charge in [-0.25, -0.2) is 4.79 Å². The Balaban J connectivity index is 1.92. The molecule has 1 aromatic rings. The van der Waals surface area contributed by atoms with Crippen molar-refractivity contribution < 1.29 is 23.8 Å². The number of carbonyl (C=O) groups excluding carboxylic acids is 2. The Morgan fingerprint density at radius 2 is 1.93 bits per heavy atom. The van der Waals surface area contributed by atoms with Gasteiger partial charge in [-0.15, -0.1) is 0 Å². The Hall–Kier alpha value is -3.52. The second kappa shape index (κ2) is 10.9. The number of hydrogen-bond donors (Lipinski definition) is 0. The Morgan fingerprint density at radius 3 is 2.57 bits per heavy atom. The Labute approximate surface area is 176 Å². The van der Waals surface area contributed by atoms with E-state index in [1.807, 2.05) is 6.07 Å². The quantitative estimate of drug-likeness (QED) is 0.477. The van der Waals surface area contributed by atoms with Crippen molar-refractivity contribution in [1.82, 2.24) is 4.90 Å². The maximum absolute atomic E-state index is 12.4. The van der Waals surface area contributed by atoms with E-state index in [1.165, 1.54) is 24.2 Å². The number of rotatable bonds is 8. The molecule has 0 aliphatic heterocycles. The van der Waals surface area contributed by atoms with E-state index >= 15 is 0 Å². The van der Waals surface area contributed by atoms with Crippen LogP contribution in [0.2, 0.25) is 0 Å². The van der Waals surface area contributed by atoms with Crippen molar-refractivity contribution in [2.24, 2.45) is 0 Å². The lowest BCUT2D eigenvalue weighted by molar-refractivity contribution is -0.150. The zero-order valence-corrected chi connectivity index (χ0v) is 17.2. The van der Waals surface area contributed by atoms with Gasteiger partial charge in [0, 0.05) is 13.1 Å². The number of likely N-dealkylation sites (N-methyl/N-ethyl adjacent to an activating group) is 1. The summed E-state index contributed by atoms with van der Waals surface area (Å²) in [4.78, 5) is 25.8. The number of methoxy groups -OCH3 is 1. The lowest BCUT2D eigenvalue weighted by Gasteiger charge is -2.38. The summed E-state index contributed by atoms with van der Waals surface area (Å²) in [5, 5.41) is 18.2. The van der Waals surface area contributed by atoms with Crippen molar-refractivity contribution in [1.29, 1.82) is 10.5 Å². The van der Waals surface area contributed by atoms with Gasteiger partial charge in [-0.3, -0.25) is 4.79 Å². The molecule has 30 heavy (non-hydrogen) atoms. The topological polar surface area (TPSA) is 113 Å². The van der Waals surface area contributed by atoms with Gasteiger partial charge in [-0.1, -0.05) is 25.3 Å². The van der Waals surface area contributed by atoms with E-state index in [9.17, 15) is 14.9 Å². The highest BCUT2D eigenvalue weighted by Crippen LogP contribution is 2.32. The number of hydrogen-bond acceptors (Lipinski definition) is 7. The number of carbonyl (C=O) groups is 2. The van der Waals surface area contributed by atoms with Crippen LogP contribution in [0.1, 0.15) is 37.7 Å². The minimum atomic E-state index is -0.816. The number of nitrogens with zero attached hydrogens (tertiary/aromatic N) is 3. The fourth-order valence-electron chi connectivity index (χ4n) is 3.36. The van der Waals surface area contributed by atoms with Crippen LogP contribution in [0.5, 0.6) is 11.5 Å². The van der Waals surface area contributed by atoms with E-state index in [-0.39, 0.29) is 6.61 Å². The fraction of sp³-hybridized carbons (Fsp3) is 0.455. The van der Waals surface area contributed by atoms with Crippen molar-refractivity contribution in [2.45, 2.75) is 37.6 Å². The largest absolute Gasteiger partial charge is 0.493 e. The molecule has 2 rings (SSSR count). The molecule has 1 aliphatic carbocycles. The highest BCUT2D eigenvalue weighted by Gasteiger charge is 2.38. The Morgan fingerprint density at radius 1 is 1.20 bits per heavy atom. The van der Waals surface area contributed by atoms with Crippen molar-refractivity contribution >= 4 is 18.0 Å². The summed E-state index contributed by atoms with van der Waals surface area (Å²) >= 11 is 0. The minimum absolute atomic E-state index is 0.104. The maximum atomic E-state index is 12.4. The summed E-state index contributed by atoms with van der Waals surface area (Å²) in [5.41, 5.74) is -0.161. The second-order valence-corrected chi connectivity index (χ2v) is 6.95. The van der Waals surface area contributed by atoms with E-state index in [0.717, 1.165) is 19.3 Å². The molecule has 0 saturated heterocycles. The summed E-state index contributed by atoms with van der Waals surface area (Å²) in [6, 6.07) is 9.12. The molecule has 1 aromatic carbocycles. The van der Waals surface area contributed by atoms with E-state index in [2.05, 4.69) is 6.07 Å². The van der Waals surface area contributed by atoms with Crippen molar-refractivity contribution in [3.63, 3.8) is 0 Å². The summed E-state index contributed by atoms with van der Waals surface area (Å²) < 4.78 is 15.5. The Kier molecular flexibility index (Phi) is 8.25. The van der Waals surface area contributed by atoms with Gasteiger partial charge in [0.1, 0.15) is 11.6 Å². The summed E-state index contributed by atoms with van der Waals surface area (Å²) in [7, 11) is 3.06. The standard InChI is InChI=1S/C22H25N3O5/c1-25(22(16-24)10-4-3-5-11-22)20(26)15-30-21(27)9-7-17-6-8-18(29-13-12-23)19(14-17)28-2/h6-9,14H,3-5,10-11,13,15H2,1-2H3/b9-7+. The van der Waals surface area contributed by atoms with Gasteiger partial charge in [0.15, 0.2) is 24.7 Å². The molecule has 0 radical (unpaired) electrons. The number of amides is 1. The number of esters is 1. The normalized spacial score (nSPS) is 14.9. The van der Waals surface area contributed by atoms with E-state index in [0.29, 0.717) is 29.9 Å². The zero-order chi connectivity index (χ0) is 22.0. The molecule has 0 bridgehead atoms. The molecule has 0 unspecified atom stereocenters. The van der Waals surface area contributed by atoms with E-state index in [4.69, 9.17) is 19.5 Å². The molecule has 1 fully saturated rings. The molecule has 8 nitrogen and oxygen atoms in total. The molecule has 8 heteroatoms. The van der Waals surface area contributed by atoms with Crippen molar-refractivity contribution in [3.05, 3.63) is 29.8 Å². The van der Waals surface area contributed by atoms with Crippen LogP contribution in [0, 0.1) is 22.7 Å². The fourth-order valence-corrected chi connectivity index (χ4v) is 3.36. The van der Waals surface area contributed by atoms with E-state index < -0.39 is 24.0 Å². The average molecular weight is 411 g/mol. The van der Waals surface area contributed by atoms with Gasteiger partial charge in [0.25, 0.3) is 5.91 Å². The molecule has 158 valence electrons. The van der Waals surface area contributed by atoms with Crippen LogP contribution in [-0.4, -0.2) is 49.7 Å². The van der Waals surface area contributed by atoms with Gasteiger partial charge in [0.2, 0.25) is 0 Å². The molecule has 1 amide bonds. The SMILES string of the molecule is COc1cc(/C=C/C(=O)OCC(=O)N(C)C2(C#N)CCCCC2)ccc1OCC#N. The Bertz CT molecular complexity index is 876. The van der Waals surface area contributed by atoms with Crippen molar-refractivity contribution in [2.75, 3.05) is 27.4 Å². The van der Waals surface area contributed by atoms with Crippen LogP contribution in [-0.2, 0) is 14.3 Å². The molecule has 1 saturated carbocycles. The number of ether oxygens (including phenoxy) is 3. The molecule has 1 aliphatic rings. The van der Waals surface area contributed by atoms with Gasteiger partial charge in [-0.05, 0) is 36.6 Å². The van der Waals surface area contributed by atoms with Crippen LogP contribution in [0.25, 0.3) is 6.08 Å². The molecular weight excluding hydrogens is 386 g/mol. The van der Waals surface area contributed by atoms with Crippen LogP contribution in [0.4, 0.5) is 0 Å². The predicted molar refractivity (Wildman–Crippen MR) is 108 cm³/mol. The lowest BCUT2D eigenvalue weighted by atomic mass is 9.81. The molecule has 0 heterocycles. The molecule has 0 atom stereocenters. The second-order valence-electron chi connectivity index (χ2n) is 6.95.